The second kappa shape index (κ2) is 11.1. The monoisotopic (exact) mass is 527 g/mol. The molecule has 2 N–H and O–H groups in total. The first-order chi connectivity index (χ1) is 16.8. The van der Waals surface area contributed by atoms with Gasteiger partial charge in [0, 0.05) is 37.1 Å². The summed E-state index contributed by atoms with van der Waals surface area (Å²) in [6.45, 7) is 5.19. The number of nitrogens with one attached hydrogen (secondary N) is 2. The first kappa shape index (κ1) is 27.9. The highest BCUT2D eigenvalue weighted by molar-refractivity contribution is 7.88. The summed E-state index contributed by atoms with van der Waals surface area (Å²) in [4.78, 5) is 19.4. The molecule has 2 atom stereocenters. The summed E-state index contributed by atoms with van der Waals surface area (Å²) >= 11 is 0. The maximum absolute atomic E-state index is 13.8. The number of carbonyl (C=O) groups excluding carboxylic acids is 1. The Morgan fingerprint density at radius 3 is 2.50 bits per heavy atom. The summed E-state index contributed by atoms with van der Waals surface area (Å²) in [6, 6.07) is 4.70. The minimum absolute atomic E-state index is 0.00694. The molecule has 1 saturated carbocycles. The van der Waals surface area contributed by atoms with Gasteiger partial charge in [-0.1, -0.05) is 19.8 Å². The van der Waals surface area contributed by atoms with Crippen molar-refractivity contribution < 1.29 is 26.4 Å². The molecular weight excluding hydrogens is 495 g/mol. The molecule has 2 aromatic rings. The standard InChI is InChI=1S/C24H32F3N5O3S/c1-5-32(36(4,34)35)22-9-7-6-8-17(22)13-21-19(24(25,26)27)14-28-23(31-21)30-18-10-11-20(15(2)12-18)29-16(3)33/h10-12,14,17,22H,5-9,13H2,1-4H3,(H,29,33)(H,28,30,31)/t17-,22+/m0/s1. The zero-order valence-corrected chi connectivity index (χ0v) is 21.6. The van der Waals surface area contributed by atoms with E-state index in [1.165, 1.54) is 11.2 Å². The number of halogens is 3. The van der Waals surface area contributed by atoms with Crippen LogP contribution in [0.25, 0.3) is 0 Å². The molecule has 1 aliphatic rings. The molecule has 0 bridgehead atoms. The summed E-state index contributed by atoms with van der Waals surface area (Å²) in [6.07, 6.45) is 0.112. The summed E-state index contributed by atoms with van der Waals surface area (Å²) in [7, 11) is -3.50. The summed E-state index contributed by atoms with van der Waals surface area (Å²) < 4.78 is 67.6. The van der Waals surface area contributed by atoms with Crippen LogP contribution < -0.4 is 10.6 Å². The number of hydrogen-bond acceptors (Lipinski definition) is 6. The molecule has 8 nitrogen and oxygen atoms in total. The molecule has 1 aromatic heterocycles. The molecule has 0 saturated heterocycles. The lowest BCUT2D eigenvalue weighted by molar-refractivity contribution is -0.138. The molecule has 198 valence electrons. The Morgan fingerprint density at radius 1 is 1.22 bits per heavy atom. The Kier molecular flexibility index (Phi) is 8.60. The van der Waals surface area contributed by atoms with E-state index >= 15 is 0 Å². The van der Waals surface area contributed by atoms with E-state index in [1.807, 2.05) is 0 Å². The molecule has 1 heterocycles. The molecule has 36 heavy (non-hydrogen) atoms. The first-order valence-electron chi connectivity index (χ1n) is 11.8. The van der Waals surface area contributed by atoms with E-state index in [-0.39, 0.29) is 42.5 Å². The predicted molar refractivity (Wildman–Crippen MR) is 132 cm³/mol. The van der Waals surface area contributed by atoms with E-state index in [0.29, 0.717) is 24.2 Å². The number of benzene rings is 1. The van der Waals surface area contributed by atoms with E-state index in [9.17, 15) is 26.4 Å². The van der Waals surface area contributed by atoms with E-state index in [1.54, 1.807) is 32.0 Å². The number of hydrogen-bond donors (Lipinski definition) is 2. The zero-order valence-electron chi connectivity index (χ0n) is 20.8. The van der Waals surface area contributed by atoms with Gasteiger partial charge in [-0.05, 0) is 55.9 Å². The van der Waals surface area contributed by atoms with Gasteiger partial charge in [-0.25, -0.2) is 18.4 Å². The van der Waals surface area contributed by atoms with Crippen LogP contribution in [0.15, 0.2) is 24.4 Å². The van der Waals surface area contributed by atoms with Crippen LogP contribution in [0.4, 0.5) is 30.5 Å². The quantitative estimate of drug-likeness (QED) is 0.507. The second-order valence-electron chi connectivity index (χ2n) is 9.17. The number of aryl methyl sites for hydroxylation is 1. The van der Waals surface area contributed by atoms with Crippen LogP contribution in [-0.2, 0) is 27.4 Å². The maximum Gasteiger partial charge on any atom is 0.419 e. The highest BCUT2D eigenvalue weighted by Gasteiger charge is 2.39. The molecule has 0 spiro atoms. The van der Waals surface area contributed by atoms with Gasteiger partial charge in [-0.2, -0.15) is 17.5 Å². The maximum atomic E-state index is 13.8. The second-order valence-corrected chi connectivity index (χ2v) is 11.1. The highest BCUT2D eigenvalue weighted by atomic mass is 32.2. The van der Waals surface area contributed by atoms with Crippen LogP contribution in [0.1, 0.15) is 56.4 Å². The van der Waals surface area contributed by atoms with Crippen molar-refractivity contribution in [3.63, 3.8) is 0 Å². The van der Waals surface area contributed by atoms with Crippen LogP contribution in [0, 0.1) is 12.8 Å². The fraction of sp³-hybridized carbons (Fsp3) is 0.542. The fourth-order valence-electron chi connectivity index (χ4n) is 4.84. The number of aromatic nitrogens is 2. The number of nitrogens with zero attached hydrogens (tertiary/aromatic N) is 3. The van der Waals surface area contributed by atoms with Gasteiger partial charge < -0.3 is 10.6 Å². The molecule has 0 unspecified atom stereocenters. The van der Waals surface area contributed by atoms with Crippen molar-refractivity contribution in [2.75, 3.05) is 23.4 Å². The van der Waals surface area contributed by atoms with E-state index in [4.69, 9.17) is 0 Å². The minimum Gasteiger partial charge on any atom is -0.326 e. The van der Waals surface area contributed by atoms with Gasteiger partial charge in [0.05, 0.1) is 17.5 Å². The minimum atomic E-state index is -4.64. The summed E-state index contributed by atoms with van der Waals surface area (Å²) in [5.74, 6) is -0.503. The Balaban J connectivity index is 1.92. The number of rotatable bonds is 8. The fourth-order valence-corrected chi connectivity index (χ4v) is 6.08. The first-order valence-corrected chi connectivity index (χ1v) is 13.7. The molecule has 3 rings (SSSR count). The number of carbonyl (C=O) groups is 1. The van der Waals surface area contributed by atoms with Gasteiger partial charge in [0.1, 0.15) is 0 Å². The van der Waals surface area contributed by atoms with Crippen molar-refractivity contribution in [1.29, 1.82) is 0 Å². The van der Waals surface area contributed by atoms with Crippen molar-refractivity contribution >= 4 is 33.3 Å². The number of alkyl halides is 3. The summed E-state index contributed by atoms with van der Waals surface area (Å²) in [5.41, 5.74) is 0.853. The molecule has 0 aliphatic heterocycles. The summed E-state index contributed by atoms with van der Waals surface area (Å²) in [5, 5.41) is 5.64. The highest BCUT2D eigenvalue weighted by Crippen LogP contribution is 2.37. The lowest BCUT2D eigenvalue weighted by atomic mass is 9.81. The smallest absolute Gasteiger partial charge is 0.326 e. The van der Waals surface area contributed by atoms with Crippen LogP contribution in [-0.4, -0.2) is 47.4 Å². The van der Waals surface area contributed by atoms with Crippen LogP contribution in [0.5, 0.6) is 0 Å². The van der Waals surface area contributed by atoms with Crippen LogP contribution >= 0.6 is 0 Å². The van der Waals surface area contributed by atoms with Gasteiger partial charge in [0.15, 0.2) is 0 Å². The third-order valence-corrected chi connectivity index (χ3v) is 7.78. The largest absolute Gasteiger partial charge is 0.419 e. The molecule has 1 fully saturated rings. The Morgan fingerprint density at radius 2 is 1.92 bits per heavy atom. The Hall–Kier alpha value is -2.73. The van der Waals surface area contributed by atoms with Crippen molar-refractivity contribution in [2.24, 2.45) is 5.92 Å². The molecular formula is C24H32F3N5O3S. The molecule has 12 heteroatoms. The van der Waals surface area contributed by atoms with E-state index in [2.05, 4.69) is 20.6 Å². The lowest BCUT2D eigenvalue weighted by Crippen LogP contribution is -2.46. The molecule has 0 radical (unpaired) electrons. The average molecular weight is 528 g/mol. The average Bonchev–Trinajstić information content (AvgIpc) is 2.75. The van der Waals surface area contributed by atoms with Crippen molar-refractivity contribution in [2.45, 2.75) is 65.1 Å². The number of amides is 1. The topological polar surface area (TPSA) is 104 Å². The lowest BCUT2D eigenvalue weighted by Gasteiger charge is -2.38. The van der Waals surface area contributed by atoms with Gasteiger partial charge in [-0.3, -0.25) is 4.79 Å². The number of sulfonamides is 1. The number of anilines is 3. The van der Waals surface area contributed by atoms with E-state index < -0.39 is 21.8 Å². The molecule has 1 aliphatic carbocycles. The van der Waals surface area contributed by atoms with Crippen molar-refractivity contribution in [3.05, 3.63) is 41.2 Å². The van der Waals surface area contributed by atoms with Gasteiger partial charge in [0.25, 0.3) is 0 Å². The predicted octanol–water partition coefficient (Wildman–Crippen LogP) is 4.89. The van der Waals surface area contributed by atoms with Crippen LogP contribution in [0.3, 0.4) is 0 Å². The SMILES string of the molecule is CCN([C@@H]1CCCC[C@H]1Cc1nc(Nc2ccc(NC(C)=O)c(C)c2)ncc1C(F)(F)F)S(C)(=O)=O. The Bertz CT molecular complexity index is 1200. The third kappa shape index (κ3) is 6.94. The zero-order chi connectivity index (χ0) is 26.7. The third-order valence-electron chi connectivity index (χ3n) is 6.40. The Labute approximate surface area is 209 Å². The van der Waals surface area contributed by atoms with Gasteiger partial charge >= 0.3 is 6.18 Å². The normalized spacial score (nSPS) is 18.8. The van der Waals surface area contributed by atoms with Gasteiger partial charge in [0.2, 0.25) is 21.9 Å². The van der Waals surface area contributed by atoms with Crippen LogP contribution in [0.2, 0.25) is 0 Å². The molecule has 1 aromatic carbocycles. The van der Waals surface area contributed by atoms with E-state index in [0.717, 1.165) is 30.9 Å². The van der Waals surface area contributed by atoms with Crippen molar-refractivity contribution in [3.8, 4) is 0 Å². The molecule has 1 amide bonds. The van der Waals surface area contributed by atoms with Crippen molar-refractivity contribution in [1.82, 2.24) is 14.3 Å². The van der Waals surface area contributed by atoms with Gasteiger partial charge in [-0.15, -0.1) is 0 Å².